The third-order valence-corrected chi connectivity index (χ3v) is 3.63. The van der Waals surface area contributed by atoms with Crippen LogP contribution in [0.15, 0.2) is 42.5 Å². The first kappa shape index (κ1) is 21.1. The van der Waals surface area contributed by atoms with Gasteiger partial charge < -0.3 is 9.47 Å². The first-order valence-corrected chi connectivity index (χ1v) is 8.35. The number of rotatable bonds is 6. The van der Waals surface area contributed by atoms with Crippen molar-refractivity contribution in [2.75, 3.05) is 13.7 Å². The molecule has 0 atom stereocenters. The number of hydrogen-bond acceptors (Lipinski definition) is 4. The molecule has 9 heteroatoms. The van der Waals surface area contributed by atoms with Crippen molar-refractivity contribution in [2.45, 2.75) is 19.5 Å². The number of alkyl halides is 3. The van der Waals surface area contributed by atoms with Crippen LogP contribution in [0.5, 0.6) is 11.5 Å². The summed E-state index contributed by atoms with van der Waals surface area (Å²) in [5.41, 5.74) is 3.21. The van der Waals surface area contributed by atoms with Crippen LogP contribution in [0.4, 0.5) is 13.2 Å². The molecule has 0 spiro atoms. The molecular formula is C19H19F3N2O4. The second-order valence-electron chi connectivity index (χ2n) is 5.70. The Morgan fingerprint density at radius 1 is 0.964 bits per heavy atom. The van der Waals surface area contributed by atoms with Gasteiger partial charge >= 0.3 is 6.18 Å². The van der Waals surface area contributed by atoms with Crippen molar-refractivity contribution >= 4 is 11.8 Å². The van der Waals surface area contributed by atoms with Crippen LogP contribution >= 0.6 is 0 Å². The zero-order chi connectivity index (χ0) is 20.7. The standard InChI is InChI=1S/C19H19F3N2O4/c1-3-9-28-15-8-7-13(11-16(15)27-2)18(26)24-23-17(25)12-5-4-6-14(10-12)19(20,21)22/h4-8,10-11H,3,9H2,1-2H3,(H,23,25)(H,24,26). The fourth-order valence-electron chi connectivity index (χ4n) is 2.23. The highest BCUT2D eigenvalue weighted by Crippen LogP contribution is 2.30. The Balaban J connectivity index is 2.04. The first-order chi connectivity index (χ1) is 13.3. The lowest BCUT2D eigenvalue weighted by Gasteiger charge is -2.12. The van der Waals surface area contributed by atoms with Crippen LogP contribution in [-0.2, 0) is 6.18 Å². The van der Waals surface area contributed by atoms with Gasteiger partial charge in [-0.25, -0.2) is 0 Å². The molecule has 0 aliphatic carbocycles. The highest BCUT2D eigenvalue weighted by molar-refractivity contribution is 5.99. The topological polar surface area (TPSA) is 76.7 Å². The fourth-order valence-corrected chi connectivity index (χ4v) is 2.23. The minimum absolute atomic E-state index is 0.171. The number of amides is 2. The van der Waals surface area contributed by atoms with E-state index in [4.69, 9.17) is 9.47 Å². The van der Waals surface area contributed by atoms with E-state index in [1.165, 1.54) is 25.3 Å². The average Bonchev–Trinajstić information content (AvgIpc) is 2.69. The van der Waals surface area contributed by atoms with Gasteiger partial charge in [-0.15, -0.1) is 0 Å². The summed E-state index contributed by atoms with van der Waals surface area (Å²) in [6, 6.07) is 8.32. The highest BCUT2D eigenvalue weighted by atomic mass is 19.4. The zero-order valence-corrected chi connectivity index (χ0v) is 15.2. The van der Waals surface area contributed by atoms with Crippen molar-refractivity contribution < 1.29 is 32.2 Å². The number of benzene rings is 2. The lowest BCUT2D eigenvalue weighted by molar-refractivity contribution is -0.137. The molecule has 0 aromatic heterocycles. The van der Waals surface area contributed by atoms with Crippen molar-refractivity contribution in [1.29, 1.82) is 0 Å². The summed E-state index contributed by atoms with van der Waals surface area (Å²) in [7, 11) is 1.42. The summed E-state index contributed by atoms with van der Waals surface area (Å²) in [5, 5.41) is 0. The zero-order valence-electron chi connectivity index (χ0n) is 15.2. The molecule has 0 aliphatic heterocycles. The summed E-state index contributed by atoms with van der Waals surface area (Å²) < 4.78 is 48.8. The Morgan fingerprint density at radius 3 is 2.18 bits per heavy atom. The van der Waals surface area contributed by atoms with Gasteiger partial charge in [0.05, 0.1) is 19.3 Å². The first-order valence-electron chi connectivity index (χ1n) is 8.35. The van der Waals surface area contributed by atoms with Gasteiger partial charge in [-0.3, -0.25) is 20.4 Å². The number of nitrogens with one attached hydrogen (secondary N) is 2. The number of carbonyl (C=O) groups is 2. The third-order valence-electron chi connectivity index (χ3n) is 3.63. The van der Waals surface area contributed by atoms with Crippen molar-refractivity contribution in [3.05, 3.63) is 59.2 Å². The predicted octanol–water partition coefficient (Wildman–Crippen LogP) is 3.58. The Labute approximate surface area is 159 Å². The molecule has 0 aliphatic rings. The summed E-state index contributed by atoms with van der Waals surface area (Å²) in [6.07, 6.45) is -3.77. The number of carbonyl (C=O) groups excluding carboxylic acids is 2. The van der Waals surface area contributed by atoms with E-state index in [0.717, 1.165) is 18.6 Å². The van der Waals surface area contributed by atoms with Gasteiger partial charge in [0.15, 0.2) is 11.5 Å². The van der Waals surface area contributed by atoms with Crippen molar-refractivity contribution in [2.24, 2.45) is 0 Å². The molecule has 0 heterocycles. The highest BCUT2D eigenvalue weighted by Gasteiger charge is 2.30. The summed E-state index contributed by atoms with van der Waals surface area (Å²) >= 11 is 0. The van der Waals surface area contributed by atoms with Gasteiger partial charge in [0.25, 0.3) is 11.8 Å². The van der Waals surface area contributed by atoms with Gasteiger partial charge in [0.2, 0.25) is 0 Å². The van der Waals surface area contributed by atoms with Gasteiger partial charge in [-0.05, 0) is 42.8 Å². The number of halogens is 3. The maximum atomic E-state index is 12.7. The van der Waals surface area contributed by atoms with Crippen LogP contribution in [-0.4, -0.2) is 25.5 Å². The molecule has 0 radical (unpaired) electrons. The normalized spacial score (nSPS) is 10.9. The van der Waals surface area contributed by atoms with E-state index in [-0.39, 0.29) is 11.1 Å². The Morgan fingerprint density at radius 2 is 1.61 bits per heavy atom. The molecule has 6 nitrogen and oxygen atoms in total. The lowest BCUT2D eigenvalue weighted by Crippen LogP contribution is -2.41. The molecule has 2 amide bonds. The maximum absolute atomic E-state index is 12.7. The second-order valence-corrected chi connectivity index (χ2v) is 5.70. The molecule has 2 rings (SSSR count). The van der Waals surface area contributed by atoms with E-state index < -0.39 is 23.6 Å². The van der Waals surface area contributed by atoms with E-state index in [0.29, 0.717) is 24.2 Å². The van der Waals surface area contributed by atoms with Crippen LogP contribution < -0.4 is 20.3 Å². The van der Waals surface area contributed by atoms with Gasteiger partial charge in [0, 0.05) is 11.1 Å². The summed E-state index contributed by atoms with van der Waals surface area (Å²) in [5.74, 6) is -0.741. The van der Waals surface area contributed by atoms with Crippen LogP contribution in [0.25, 0.3) is 0 Å². The second kappa shape index (κ2) is 9.12. The largest absolute Gasteiger partial charge is 0.493 e. The molecule has 0 saturated heterocycles. The van der Waals surface area contributed by atoms with Crippen LogP contribution in [0.3, 0.4) is 0 Å². The van der Waals surface area contributed by atoms with Crippen LogP contribution in [0.2, 0.25) is 0 Å². The van der Waals surface area contributed by atoms with E-state index >= 15 is 0 Å². The molecule has 0 bridgehead atoms. The quantitative estimate of drug-likeness (QED) is 0.732. The van der Waals surface area contributed by atoms with Crippen LogP contribution in [0, 0.1) is 0 Å². The summed E-state index contributed by atoms with van der Waals surface area (Å²) in [6.45, 7) is 2.43. The molecule has 150 valence electrons. The molecule has 0 fully saturated rings. The average molecular weight is 396 g/mol. The van der Waals surface area contributed by atoms with Gasteiger partial charge in [-0.2, -0.15) is 13.2 Å². The molecule has 0 unspecified atom stereocenters. The minimum atomic E-state index is -4.57. The SMILES string of the molecule is CCCOc1ccc(C(=O)NNC(=O)c2cccc(C(F)(F)F)c2)cc1OC. The number of methoxy groups -OCH3 is 1. The van der Waals surface area contributed by atoms with E-state index in [2.05, 4.69) is 10.9 Å². The Bertz CT molecular complexity index is 853. The minimum Gasteiger partial charge on any atom is -0.493 e. The molecule has 0 saturated carbocycles. The number of hydrogen-bond donors (Lipinski definition) is 2. The van der Waals surface area contributed by atoms with Crippen LogP contribution in [0.1, 0.15) is 39.6 Å². The molecule has 28 heavy (non-hydrogen) atoms. The van der Waals surface area contributed by atoms with Crippen molar-refractivity contribution in [1.82, 2.24) is 10.9 Å². The molecular weight excluding hydrogens is 377 g/mol. The molecule has 2 aromatic carbocycles. The third kappa shape index (κ3) is 5.38. The Kier molecular flexibility index (Phi) is 6.86. The van der Waals surface area contributed by atoms with E-state index in [9.17, 15) is 22.8 Å². The molecule has 2 aromatic rings. The summed E-state index contributed by atoms with van der Waals surface area (Å²) in [4.78, 5) is 24.2. The van der Waals surface area contributed by atoms with Gasteiger partial charge in [-0.1, -0.05) is 13.0 Å². The van der Waals surface area contributed by atoms with E-state index in [1.807, 2.05) is 6.92 Å². The van der Waals surface area contributed by atoms with Crippen molar-refractivity contribution in [3.63, 3.8) is 0 Å². The maximum Gasteiger partial charge on any atom is 0.416 e. The van der Waals surface area contributed by atoms with Crippen molar-refractivity contribution in [3.8, 4) is 11.5 Å². The predicted molar refractivity (Wildman–Crippen MR) is 95.2 cm³/mol. The monoisotopic (exact) mass is 396 g/mol. The number of hydrazine groups is 1. The Hall–Kier alpha value is -3.23. The number of ether oxygens (including phenoxy) is 2. The molecule has 2 N–H and O–H groups in total. The van der Waals surface area contributed by atoms with E-state index in [1.54, 1.807) is 6.07 Å². The van der Waals surface area contributed by atoms with Gasteiger partial charge in [0.1, 0.15) is 0 Å². The smallest absolute Gasteiger partial charge is 0.416 e. The lowest BCUT2D eigenvalue weighted by atomic mass is 10.1. The fraction of sp³-hybridized carbons (Fsp3) is 0.263.